The molecule has 0 radical (unpaired) electrons. The van der Waals surface area contributed by atoms with E-state index in [0.29, 0.717) is 0 Å². The van der Waals surface area contributed by atoms with Crippen molar-refractivity contribution < 1.29 is 38.4 Å². The summed E-state index contributed by atoms with van der Waals surface area (Å²) in [6.45, 7) is 2.08. The molecule has 2 aromatic rings. The molecule has 0 aliphatic heterocycles. The van der Waals surface area contributed by atoms with Crippen LogP contribution in [0.5, 0.6) is 0 Å². The minimum atomic E-state index is -0.977. The van der Waals surface area contributed by atoms with E-state index in [-0.39, 0.29) is 33.0 Å². The molecule has 6 N–H and O–H groups in total. The standard InChI is InChI=1S/C18H16N4O8/c1-7(23)29-21-17(27)11-5-3-9(15(19)25)13-10(16(20)26)4-6-12(14(11)13)18(28)22-30-8(2)24/h3-6H,1-2H3,(H2,19,25)(H2,20,26)(H,21,27)(H,22,28). The van der Waals surface area contributed by atoms with E-state index in [4.69, 9.17) is 11.5 Å². The third-order valence-corrected chi connectivity index (χ3v) is 3.76. The van der Waals surface area contributed by atoms with E-state index in [2.05, 4.69) is 9.68 Å². The van der Waals surface area contributed by atoms with Gasteiger partial charge < -0.3 is 21.1 Å². The Balaban J connectivity index is 2.86. The highest BCUT2D eigenvalue weighted by Crippen LogP contribution is 2.30. The molecule has 0 aliphatic carbocycles. The summed E-state index contributed by atoms with van der Waals surface area (Å²) in [4.78, 5) is 79.7. The van der Waals surface area contributed by atoms with Crippen LogP contribution in [0.4, 0.5) is 0 Å². The zero-order chi connectivity index (χ0) is 22.6. The number of carbonyl (C=O) groups excluding carboxylic acids is 6. The summed E-state index contributed by atoms with van der Waals surface area (Å²) >= 11 is 0. The molecule has 0 unspecified atom stereocenters. The molecule has 0 aliphatic rings. The van der Waals surface area contributed by atoms with E-state index in [0.717, 1.165) is 38.1 Å². The van der Waals surface area contributed by atoms with E-state index in [1.807, 2.05) is 11.0 Å². The van der Waals surface area contributed by atoms with Crippen molar-refractivity contribution >= 4 is 46.3 Å². The van der Waals surface area contributed by atoms with E-state index in [9.17, 15) is 28.8 Å². The molecule has 0 saturated heterocycles. The van der Waals surface area contributed by atoms with Crippen LogP contribution in [0.25, 0.3) is 10.8 Å². The zero-order valence-corrected chi connectivity index (χ0v) is 15.7. The molecule has 0 fully saturated rings. The van der Waals surface area contributed by atoms with Gasteiger partial charge in [0.15, 0.2) is 0 Å². The van der Waals surface area contributed by atoms with Gasteiger partial charge in [-0.15, -0.1) is 0 Å². The van der Waals surface area contributed by atoms with Crippen LogP contribution in [0.2, 0.25) is 0 Å². The van der Waals surface area contributed by atoms with Crippen LogP contribution in [-0.2, 0) is 19.3 Å². The highest BCUT2D eigenvalue weighted by atomic mass is 16.7. The van der Waals surface area contributed by atoms with Gasteiger partial charge >= 0.3 is 11.9 Å². The summed E-state index contributed by atoms with van der Waals surface area (Å²) in [5, 5.41) is -0.391. The molecule has 12 heteroatoms. The van der Waals surface area contributed by atoms with Gasteiger partial charge in [-0.25, -0.2) is 0 Å². The minimum absolute atomic E-state index is 0.180. The van der Waals surface area contributed by atoms with E-state index in [1.165, 1.54) is 0 Å². The lowest BCUT2D eigenvalue weighted by Crippen LogP contribution is -2.29. The normalized spacial score (nSPS) is 10.1. The molecule has 0 bridgehead atoms. The highest BCUT2D eigenvalue weighted by molar-refractivity contribution is 6.24. The lowest BCUT2D eigenvalue weighted by molar-refractivity contribution is -0.147. The summed E-state index contributed by atoms with van der Waals surface area (Å²) in [7, 11) is 0. The van der Waals surface area contributed by atoms with Gasteiger partial charge in [-0.3, -0.25) is 28.8 Å². The number of fused-ring (bicyclic) bond motifs is 1. The Morgan fingerprint density at radius 1 is 0.633 bits per heavy atom. The number of nitrogens with two attached hydrogens (primary N) is 2. The Hall–Kier alpha value is -4.48. The SMILES string of the molecule is CC(=O)ONC(=O)c1ccc(C(N)=O)c2c(C(N)=O)ccc(C(=O)NOC(C)=O)c12. The van der Waals surface area contributed by atoms with E-state index in [1.54, 1.807) is 0 Å². The Kier molecular flexibility index (Phi) is 6.32. The fourth-order valence-electron chi connectivity index (χ4n) is 2.63. The van der Waals surface area contributed by atoms with Gasteiger partial charge in [-0.05, 0) is 24.3 Å². The Bertz CT molecular complexity index is 1030. The lowest BCUT2D eigenvalue weighted by Gasteiger charge is -2.15. The van der Waals surface area contributed by atoms with Crippen molar-refractivity contribution in [1.29, 1.82) is 0 Å². The van der Waals surface area contributed by atoms with Crippen LogP contribution in [0.15, 0.2) is 24.3 Å². The Labute approximate surface area is 168 Å². The molecule has 30 heavy (non-hydrogen) atoms. The summed E-state index contributed by atoms with van der Waals surface area (Å²) in [6, 6.07) is 4.56. The average Bonchev–Trinajstić information content (AvgIpc) is 2.67. The fourth-order valence-corrected chi connectivity index (χ4v) is 2.63. The Morgan fingerprint density at radius 2 is 0.933 bits per heavy atom. The van der Waals surface area contributed by atoms with Gasteiger partial charge in [0.05, 0.1) is 11.1 Å². The van der Waals surface area contributed by atoms with Crippen LogP contribution in [0, 0.1) is 0 Å². The van der Waals surface area contributed by atoms with Crippen molar-refractivity contribution in [3.8, 4) is 0 Å². The number of hydrogen-bond acceptors (Lipinski definition) is 8. The minimum Gasteiger partial charge on any atom is -0.366 e. The first-order valence-electron chi connectivity index (χ1n) is 8.19. The third-order valence-electron chi connectivity index (χ3n) is 3.76. The van der Waals surface area contributed by atoms with Gasteiger partial charge in [0.25, 0.3) is 11.8 Å². The van der Waals surface area contributed by atoms with Gasteiger partial charge in [0.1, 0.15) is 0 Å². The number of nitrogens with one attached hydrogen (secondary N) is 2. The first kappa shape index (κ1) is 21.8. The molecule has 12 nitrogen and oxygen atoms in total. The predicted octanol–water partition coefficient (Wildman–Crippen LogP) is -0.547. The summed E-state index contributed by atoms with van der Waals surface area (Å²) in [5.74, 6) is -5.54. The number of amides is 4. The van der Waals surface area contributed by atoms with Crippen molar-refractivity contribution in [3.05, 3.63) is 46.5 Å². The molecule has 0 spiro atoms. The summed E-state index contributed by atoms with van der Waals surface area (Å²) < 4.78 is 0. The van der Waals surface area contributed by atoms with Crippen LogP contribution < -0.4 is 22.4 Å². The second kappa shape index (κ2) is 8.68. The van der Waals surface area contributed by atoms with Gasteiger partial charge in [0.2, 0.25) is 11.8 Å². The quantitative estimate of drug-likeness (QED) is 0.476. The smallest absolute Gasteiger partial charge is 0.329 e. The van der Waals surface area contributed by atoms with Crippen molar-refractivity contribution in [1.82, 2.24) is 11.0 Å². The van der Waals surface area contributed by atoms with Crippen molar-refractivity contribution in [2.75, 3.05) is 0 Å². The molecule has 2 aromatic carbocycles. The monoisotopic (exact) mass is 416 g/mol. The molecule has 0 aromatic heterocycles. The maximum atomic E-state index is 12.5. The highest BCUT2D eigenvalue weighted by Gasteiger charge is 2.25. The number of benzene rings is 2. The summed E-state index contributed by atoms with van der Waals surface area (Å²) in [6.07, 6.45) is 0. The molecule has 0 saturated carbocycles. The zero-order valence-electron chi connectivity index (χ0n) is 15.7. The maximum Gasteiger partial charge on any atom is 0.329 e. The number of rotatable bonds is 4. The largest absolute Gasteiger partial charge is 0.366 e. The van der Waals surface area contributed by atoms with Crippen molar-refractivity contribution in [2.45, 2.75) is 13.8 Å². The van der Waals surface area contributed by atoms with Gasteiger partial charge in [0, 0.05) is 35.7 Å². The van der Waals surface area contributed by atoms with Crippen LogP contribution in [0.3, 0.4) is 0 Å². The van der Waals surface area contributed by atoms with Crippen LogP contribution in [0.1, 0.15) is 55.3 Å². The maximum absolute atomic E-state index is 12.5. The molecule has 4 amide bonds. The molecular formula is C18H16N4O8. The van der Waals surface area contributed by atoms with Crippen molar-refractivity contribution in [2.24, 2.45) is 11.5 Å². The Morgan fingerprint density at radius 3 is 1.23 bits per heavy atom. The van der Waals surface area contributed by atoms with Crippen LogP contribution in [-0.4, -0.2) is 35.6 Å². The molecule has 0 atom stereocenters. The average molecular weight is 416 g/mol. The van der Waals surface area contributed by atoms with E-state index >= 15 is 0 Å². The first-order chi connectivity index (χ1) is 14.0. The molecule has 156 valence electrons. The van der Waals surface area contributed by atoms with E-state index < -0.39 is 35.6 Å². The number of carbonyl (C=O) groups is 6. The molecule has 2 rings (SSSR count). The number of hydroxylamine groups is 2. The molecule has 0 heterocycles. The predicted molar refractivity (Wildman–Crippen MR) is 99.4 cm³/mol. The number of primary amides is 2. The third kappa shape index (κ3) is 4.49. The fraction of sp³-hybridized carbons (Fsp3) is 0.111. The van der Waals surface area contributed by atoms with Crippen LogP contribution >= 0.6 is 0 Å². The second-order valence-electron chi connectivity index (χ2n) is 5.85. The van der Waals surface area contributed by atoms with Gasteiger partial charge in [-0.2, -0.15) is 11.0 Å². The molecular weight excluding hydrogens is 400 g/mol. The topological polar surface area (TPSA) is 197 Å². The lowest BCUT2D eigenvalue weighted by atomic mass is 9.90. The number of hydrogen-bond donors (Lipinski definition) is 4. The van der Waals surface area contributed by atoms with Gasteiger partial charge in [-0.1, -0.05) is 0 Å². The first-order valence-corrected chi connectivity index (χ1v) is 8.19. The van der Waals surface area contributed by atoms with Crippen molar-refractivity contribution in [3.63, 3.8) is 0 Å². The summed E-state index contributed by atoms with van der Waals surface area (Å²) in [5.41, 5.74) is 13.5. The second-order valence-corrected chi connectivity index (χ2v) is 5.85.